The summed E-state index contributed by atoms with van der Waals surface area (Å²) in [6, 6.07) is 12.8. The molecular weight excluding hydrogens is 310 g/mol. The Morgan fingerprint density at radius 1 is 1.17 bits per heavy atom. The number of nitrogens with zero attached hydrogens (tertiary/aromatic N) is 1. The number of allylic oxidation sites excluding steroid dienone is 1. The first kappa shape index (κ1) is 17.2. The second-order valence-corrected chi connectivity index (χ2v) is 4.93. The van der Waals surface area contributed by atoms with Gasteiger partial charge in [0.25, 0.3) is 5.69 Å². The first-order valence-electron chi connectivity index (χ1n) is 7.34. The van der Waals surface area contributed by atoms with E-state index in [0.717, 1.165) is 0 Å². The van der Waals surface area contributed by atoms with Crippen LogP contribution in [0.1, 0.15) is 18.9 Å². The van der Waals surface area contributed by atoms with Crippen LogP contribution < -0.4 is 9.47 Å². The number of hydrogen-bond donors (Lipinski definition) is 0. The molecular formula is C18H17NO5. The van der Waals surface area contributed by atoms with Crippen LogP contribution in [0.5, 0.6) is 11.5 Å². The van der Waals surface area contributed by atoms with Gasteiger partial charge in [0, 0.05) is 18.2 Å². The molecule has 0 saturated carbocycles. The van der Waals surface area contributed by atoms with Crippen molar-refractivity contribution in [2.45, 2.75) is 13.3 Å². The third kappa shape index (κ3) is 4.42. The lowest BCUT2D eigenvalue weighted by Crippen LogP contribution is -2.05. The number of methoxy groups -OCH3 is 1. The van der Waals surface area contributed by atoms with Crippen LogP contribution in [0.15, 0.2) is 54.6 Å². The standard InChI is InChI=1S/C18H17NO5/c1-3-13(14-5-4-6-15(11-14)19(21)22)12-18(20)24-17-9-7-16(23-2)8-10-17/h4-12H,3H2,1-2H3. The van der Waals surface area contributed by atoms with Crippen molar-refractivity contribution < 1.29 is 19.2 Å². The van der Waals surface area contributed by atoms with Gasteiger partial charge in [-0.1, -0.05) is 19.1 Å². The molecule has 0 fully saturated rings. The van der Waals surface area contributed by atoms with Gasteiger partial charge in [0.1, 0.15) is 11.5 Å². The van der Waals surface area contributed by atoms with Crippen molar-refractivity contribution in [2.24, 2.45) is 0 Å². The molecule has 0 bridgehead atoms. The van der Waals surface area contributed by atoms with E-state index in [-0.39, 0.29) is 5.69 Å². The lowest BCUT2D eigenvalue weighted by atomic mass is 10.0. The number of carbonyl (C=O) groups excluding carboxylic acids is 1. The Kier molecular flexibility index (Phi) is 5.68. The molecule has 0 radical (unpaired) electrons. The molecule has 0 heterocycles. The van der Waals surface area contributed by atoms with Crippen molar-refractivity contribution >= 4 is 17.2 Å². The van der Waals surface area contributed by atoms with Gasteiger partial charge in [-0.25, -0.2) is 4.79 Å². The number of nitro benzene ring substituents is 1. The van der Waals surface area contributed by atoms with Gasteiger partial charge in [-0.3, -0.25) is 10.1 Å². The molecule has 0 aromatic heterocycles. The fraction of sp³-hybridized carbons (Fsp3) is 0.167. The fourth-order valence-corrected chi connectivity index (χ4v) is 2.14. The van der Waals surface area contributed by atoms with E-state index >= 15 is 0 Å². The highest BCUT2D eigenvalue weighted by Crippen LogP contribution is 2.23. The minimum absolute atomic E-state index is 0.0182. The summed E-state index contributed by atoms with van der Waals surface area (Å²) in [7, 11) is 1.55. The SMILES string of the molecule is CCC(=CC(=O)Oc1ccc(OC)cc1)c1cccc([N+](=O)[O-])c1. The number of esters is 1. The molecule has 0 N–H and O–H groups in total. The average molecular weight is 327 g/mol. The van der Waals surface area contributed by atoms with Crippen molar-refractivity contribution in [1.29, 1.82) is 0 Å². The zero-order valence-electron chi connectivity index (χ0n) is 13.4. The van der Waals surface area contributed by atoms with E-state index in [1.165, 1.54) is 18.2 Å². The van der Waals surface area contributed by atoms with Crippen molar-refractivity contribution in [3.63, 3.8) is 0 Å². The quantitative estimate of drug-likeness (QED) is 0.263. The van der Waals surface area contributed by atoms with Crippen LogP contribution in [0.3, 0.4) is 0 Å². The Labute approximate surface area is 139 Å². The maximum Gasteiger partial charge on any atom is 0.336 e. The van der Waals surface area contributed by atoms with Crippen molar-refractivity contribution in [3.8, 4) is 11.5 Å². The van der Waals surface area contributed by atoms with E-state index in [2.05, 4.69) is 0 Å². The summed E-state index contributed by atoms with van der Waals surface area (Å²) >= 11 is 0. The first-order valence-corrected chi connectivity index (χ1v) is 7.34. The van der Waals surface area contributed by atoms with Crippen LogP contribution in [-0.2, 0) is 4.79 Å². The molecule has 2 aromatic rings. The summed E-state index contributed by atoms with van der Waals surface area (Å²) < 4.78 is 10.3. The fourth-order valence-electron chi connectivity index (χ4n) is 2.14. The highest BCUT2D eigenvalue weighted by molar-refractivity contribution is 5.92. The Bertz CT molecular complexity index is 765. The number of carbonyl (C=O) groups is 1. The summed E-state index contributed by atoms with van der Waals surface area (Å²) in [5, 5.41) is 10.9. The van der Waals surface area contributed by atoms with Crippen LogP contribution in [0.4, 0.5) is 5.69 Å². The van der Waals surface area contributed by atoms with Crippen molar-refractivity contribution in [3.05, 3.63) is 70.3 Å². The second-order valence-electron chi connectivity index (χ2n) is 4.93. The maximum atomic E-state index is 12.1. The summed E-state index contributed by atoms with van der Waals surface area (Å²) in [5.41, 5.74) is 1.27. The average Bonchev–Trinajstić information content (AvgIpc) is 2.60. The van der Waals surface area contributed by atoms with E-state index in [0.29, 0.717) is 29.1 Å². The molecule has 2 rings (SSSR count). The molecule has 124 valence electrons. The molecule has 0 saturated heterocycles. The summed E-state index contributed by atoms with van der Waals surface area (Å²) in [6.45, 7) is 1.87. The smallest absolute Gasteiger partial charge is 0.336 e. The van der Waals surface area contributed by atoms with Crippen LogP contribution in [0.25, 0.3) is 5.57 Å². The van der Waals surface area contributed by atoms with E-state index in [4.69, 9.17) is 9.47 Å². The van der Waals surface area contributed by atoms with Crippen molar-refractivity contribution in [2.75, 3.05) is 7.11 Å². The molecule has 0 amide bonds. The molecule has 0 unspecified atom stereocenters. The summed E-state index contributed by atoms with van der Waals surface area (Å²) in [6.07, 6.45) is 1.89. The second kappa shape index (κ2) is 7.92. The Hall–Kier alpha value is -3.15. The topological polar surface area (TPSA) is 78.7 Å². The monoisotopic (exact) mass is 327 g/mol. The number of non-ortho nitro benzene ring substituents is 1. The van der Waals surface area contributed by atoms with E-state index in [9.17, 15) is 14.9 Å². The normalized spacial score (nSPS) is 11.0. The third-order valence-electron chi connectivity index (χ3n) is 3.38. The molecule has 6 nitrogen and oxygen atoms in total. The molecule has 0 aliphatic rings. The van der Waals surface area contributed by atoms with Gasteiger partial charge in [0.15, 0.2) is 0 Å². The number of benzene rings is 2. The number of rotatable bonds is 6. The lowest BCUT2D eigenvalue weighted by Gasteiger charge is -2.06. The van der Waals surface area contributed by atoms with Gasteiger partial charge in [-0.2, -0.15) is 0 Å². The Morgan fingerprint density at radius 3 is 2.42 bits per heavy atom. The molecule has 24 heavy (non-hydrogen) atoms. The third-order valence-corrected chi connectivity index (χ3v) is 3.38. The first-order chi connectivity index (χ1) is 11.5. The van der Waals surface area contributed by atoms with Gasteiger partial charge in [0.05, 0.1) is 12.0 Å². The van der Waals surface area contributed by atoms with Gasteiger partial charge in [-0.15, -0.1) is 0 Å². The van der Waals surface area contributed by atoms with Gasteiger partial charge in [0.2, 0.25) is 0 Å². The number of hydrogen-bond acceptors (Lipinski definition) is 5. The lowest BCUT2D eigenvalue weighted by molar-refractivity contribution is -0.384. The van der Waals surface area contributed by atoms with E-state index < -0.39 is 10.9 Å². The highest BCUT2D eigenvalue weighted by Gasteiger charge is 2.10. The van der Waals surface area contributed by atoms with Crippen LogP contribution in [0.2, 0.25) is 0 Å². The van der Waals surface area contributed by atoms with E-state index in [1.807, 2.05) is 6.92 Å². The zero-order valence-corrected chi connectivity index (χ0v) is 13.4. The van der Waals surface area contributed by atoms with Crippen LogP contribution in [-0.4, -0.2) is 18.0 Å². The molecule has 0 aliphatic heterocycles. The summed E-state index contributed by atoms with van der Waals surface area (Å²) in [5.74, 6) is 0.520. The van der Waals surface area contributed by atoms with Crippen LogP contribution in [0, 0.1) is 10.1 Å². The molecule has 0 spiro atoms. The molecule has 0 atom stereocenters. The maximum absolute atomic E-state index is 12.1. The minimum Gasteiger partial charge on any atom is -0.497 e. The minimum atomic E-state index is -0.538. The Morgan fingerprint density at radius 2 is 1.83 bits per heavy atom. The zero-order chi connectivity index (χ0) is 17.5. The molecule has 0 aliphatic carbocycles. The predicted molar refractivity (Wildman–Crippen MR) is 90.0 cm³/mol. The molecule has 2 aromatic carbocycles. The molecule has 6 heteroatoms. The predicted octanol–water partition coefficient (Wildman–Crippen LogP) is 4.00. The highest BCUT2D eigenvalue weighted by atomic mass is 16.6. The van der Waals surface area contributed by atoms with Crippen molar-refractivity contribution in [1.82, 2.24) is 0 Å². The largest absolute Gasteiger partial charge is 0.497 e. The van der Waals surface area contributed by atoms with Gasteiger partial charge >= 0.3 is 5.97 Å². The van der Waals surface area contributed by atoms with Gasteiger partial charge < -0.3 is 9.47 Å². The van der Waals surface area contributed by atoms with Crippen LogP contribution >= 0.6 is 0 Å². The van der Waals surface area contributed by atoms with E-state index in [1.54, 1.807) is 43.5 Å². The van der Waals surface area contributed by atoms with Gasteiger partial charge in [-0.05, 0) is 41.8 Å². The Balaban J connectivity index is 2.17. The number of ether oxygens (including phenoxy) is 2. The summed E-state index contributed by atoms with van der Waals surface area (Å²) in [4.78, 5) is 22.5. The number of nitro groups is 1.